The van der Waals surface area contributed by atoms with Crippen LogP contribution >= 0.6 is 0 Å². The fraction of sp³-hybridized carbons (Fsp3) is 0.471. The molecule has 0 aliphatic carbocycles. The molecule has 0 atom stereocenters. The number of H-pyrrole nitrogens is 1. The lowest BCUT2D eigenvalue weighted by atomic mass is 10.1. The Morgan fingerprint density at radius 2 is 2.17 bits per heavy atom. The van der Waals surface area contributed by atoms with Crippen LogP contribution in [0.5, 0.6) is 5.75 Å². The maximum Gasteiger partial charge on any atom is 0.165 e. The predicted molar refractivity (Wildman–Crippen MR) is 90.0 cm³/mol. The first-order valence-electron chi connectivity index (χ1n) is 7.83. The van der Waals surface area contributed by atoms with Gasteiger partial charge in [-0.15, -0.1) is 0 Å². The lowest BCUT2D eigenvalue weighted by Gasteiger charge is -2.16. The van der Waals surface area contributed by atoms with Crippen molar-refractivity contribution in [1.82, 2.24) is 20.4 Å². The van der Waals surface area contributed by atoms with Crippen molar-refractivity contribution < 1.29 is 9.13 Å². The number of nitrogens with zero attached hydrogens (tertiary/aromatic N) is 2. The van der Waals surface area contributed by atoms with Gasteiger partial charge in [-0.25, -0.2) is 4.39 Å². The summed E-state index contributed by atoms with van der Waals surface area (Å²) in [6, 6.07) is 4.98. The van der Waals surface area contributed by atoms with E-state index in [0.29, 0.717) is 0 Å². The summed E-state index contributed by atoms with van der Waals surface area (Å²) in [4.78, 5) is 2.19. The van der Waals surface area contributed by atoms with Crippen LogP contribution < -0.4 is 10.1 Å². The van der Waals surface area contributed by atoms with Crippen molar-refractivity contribution in [2.45, 2.75) is 26.5 Å². The van der Waals surface area contributed by atoms with Crippen molar-refractivity contribution in [3.05, 3.63) is 35.8 Å². The predicted octanol–water partition coefficient (Wildman–Crippen LogP) is 2.65. The average molecular weight is 320 g/mol. The summed E-state index contributed by atoms with van der Waals surface area (Å²) < 4.78 is 19.6. The molecule has 0 radical (unpaired) electrons. The molecule has 0 saturated heterocycles. The van der Waals surface area contributed by atoms with Gasteiger partial charge in [0.2, 0.25) is 0 Å². The number of benzene rings is 1. The molecule has 23 heavy (non-hydrogen) atoms. The van der Waals surface area contributed by atoms with E-state index in [2.05, 4.69) is 20.4 Å². The summed E-state index contributed by atoms with van der Waals surface area (Å²) in [5, 5.41) is 10.3. The van der Waals surface area contributed by atoms with Gasteiger partial charge in [-0.2, -0.15) is 5.10 Å². The van der Waals surface area contributed by atoms with Crippen LogP contribution in [0.3, 0.4) is 0 Å². The third kappa shape index (κ3) is 4.77. The summed E-state index contributed by atoms with van der Waals surface area (Å²) >= 11 is 0. The van der Waals surface area contributed by atoms with Gasteiger partial charge in [-0.1, -0.05) is 0 Å². The van der Waals surface area contributed by atoms with Crippen molar-refractivity contribution in [3.63, 3.8) is 0 Å². The molecule has 1 heterocycles. The molecular formula is C17H25FN4O. The van der Waals surface area contributed by atoms with E-state index in [0.717, 1.165) is 36.5 Å². The maximum atomic E-state index is 14.2. The van der Waals surface area contributed by atoms with Crippen LogP contribution in [-0.4, -0.2) is 48.4 Å². The second-order valence-electron chi connectivity index (χ2n) is 5.91. The van der Waals surface area contributed by atoms with E-state index in [9.17, 15) is 4.39 Å². The quantitative estimate of drug-likeness (QED) is 0.785. The normalized spacial score (nSPS) is 11.4. The number of hydrogen-bond acceptors (Lipinski definition) is 4. The van der Waals surface area contributed by atoms with Gasteiger partial charge in [0.05, 0.1) is 11.8 Å². The van der Waals surface area contributed by atoms with Crippen LogP contribution in [0.25, 0.3) is 11.3 Å². The minimum atomic E-state index is -0.367. The number of likely N-dealkylation sites (N-methyl/N-ethyl adjacent to an activating group) is 2. The molecule has 2 rings (SSSR count). The number of ether oxygens (including phenoxy) is 1. The fourth-order valence-electron chi connectivity index (χ4n) is 2.36. The molecule has 0 saturated carbocycles. The van der Waals surface area contributed by atoms with E-state index in [1.807, 2.05) is 40.2 Å². The van der Waals surface area contributed by atoms with E-state index < -0.39 is 0 Å². The van der Waals surface area contributed by atoms with Gasteiger partial charge in [0.25, 0.3) is 0 Å². The third-order valence-corrected chi connectivity index (χ3v) is 3.47. The summed E-state index contributed by atoms with van der Waals surface area (Å²) in [7, 11) is 3.98. The first kappa shape index (κ1) is 17.4. The summed E-state index contributed by atoms with van der Waals surface area (Å²) in [6.07, 6.45) is 1.80. The number of hydrogen-bond donors (Lipinski definition) is 2. The number of halogens is 1. The Morgan fingerprint density at radius 3 is 2.83 bits per heavy atom. The van der Waals surface area contributed by atoms with Gasteiger partial charge in [-0.05, 0) is 46.1 Å². The summed E-state index contributed by atoms with van der Waals surface area (Å²) in [5.41, 5.74) is 2.56. The molecule has 6 heteroatoms. The monoisotopic (exact) mass is 320 g/mol. The molecule has 0 bridgehead atoms. The average Bonchev–Trinajstić information content (AvgIpc) is 2.95. The molecule has 0 aliphatic rings. The molecule has 5 nitrogen and oxygen atoms in total. The first-order chi connectivity index (χ1) is 11.0. The van der Waals surface area contributed by atoms with E-state index in [4.69, 9.17) is 4.74 Å². The number of rotatable bonds is 8. The van der Waals surface area contributed by atoms with Crippen LogP contribution in [0.15, 0.2) is 24.4 Å². The van der Waals surface area contributed by atoms with Gasteiger partial charge < -0.3 is 15.0 Å². The van der Waals surface area contributed by atoms with Crippen molar-refractivity contribution >= 4 is 0 Å². The van der Waals surface area contributed by atoms with Crippen LogP contribution in [-0.2, 0) is 6.54 Å². The lowest BCUT2D eigenvalue weighted by Crippen LogP contribution is -2.27. The van der Waals surface area contributed by atoms with Crippen LogP contribution in [0, 0.1) is 5.82 Å². The SMILES string of the molecule is CNCCN(C)Cc1c[nH]nc1-c1ccc(OC(C)C)c(F)c1. The second-order valence-corrected chi connectivity index (χ2v) is 5.91. The molecule has 0 amide bonds. The van der Waals surface area contributed by atoms with Gasteiger partial charge in [0.1, 0.15) is 0 Å². The smallest absolute Gasteiger partial charge is 0.165 e. The zero-order chi connectivity index (χ0) is 16.8. The molecule has 126 valence electrons. The molecule has 2 aromatic rings. The minimum Gasteiger partial charge on any atom is -0.488 e. The number of aromatic amines is 1. The second kappa shape index (κ2) is 8.08. The molecule has 1 aromatic heterocycles. The highest BCUT2D eigenvalue weighted by Crippen LogP contribution is 2.27. The molecule has 0 fully saturated rings. The highest BCUT2D eigenvalue weighted by molar-refractivity contribution is 5.63. The van der Waals surface area contributed by atoms with E-state index in [1.54, 1.807) is 6.07 Å². The standard InChI is InChI=1S/C17H25FN4O/c1-12(2)23-16-6-5-13(9-15(16)18)17-14(10-20-21-17)11-22(4)8-7-19-3/h5-6,9-10,12,19H,7-8,11H2,1-4H3,(H,20,21). The molecule has 0 spiro atoms. The highest BCUT2D eigenvalue weighted by Gasteiger charge is 2.13. The van der Waals surface area contributed by atoms with Crippen LogP contribution in [0.2, 0.25) is 0 Å². The van der Waals surface area contributed by atoms with Crippen LogP contribution in [0.4, 0.5) is 4.39 Å². The van der Waals surface area contributed by atoms with E-state index >= 15 is 0 Å². The Labute approximate surface area is 136 Å². The zero-order valence-corrected chi connectivity index (χ0v) is 14.2. The molecular weight excluding hydrogens is 295 g/mol. The number of nitrogens with one attached hydrogen (secondary N) is 2. The molecule has 2 N–H and O–H groups in total. The topological polar surface area (TPSA) is 53.2 Å². The molecule has 0 unspecified atom stereocenters. The van der Waals surface area contributed by atoms with Crippen molar-refractivity contribution in [2.24, 2.45) is 0 Å². The first-order valence-corrected chi connectivity index (χ1v) is 7.83. The maximum absolute atomic E-state index is 14.2. The Balaban J connectivity index is 2.16. The molecule has 1 aromatic carbocycles. The zero-order valence-electron chi connectivity index (χ0n) is 14.2. The Bertz CT molecular complexity index is 627. The highest BCUT2D eigenvalue weighted by atomic mass is 19.1. The fourth-order valence-corrected chi connectivity index (χ4v) is 2.36. The largest absolute Gasteiger partial charge is 0.488 e. The van der Waals surface area contributed by atoms with Crippen molar-refractivity contribution in [3.8, 4) is 17.0 Å². The van der Waals surface area contributed by atoms with Gasteiger partial charge >= 0.3 is 0 Å². The van der Waals surface area contributed by atoms with Crippen molar-refractivity contribution in [1.29, 1.82) is 0 Å². The Kier molecular flexibility index (Phi) is 6.12. The van der Waals surface area contributed by atoms with Crippen molar-refractivity contribution in [2.75, 3.05) is 27.2 Å². The third-order valence-electron chi connectivity index (χ3n) is 3.47. The summed E-state index contributed by atoms with van der Waals surface area (Å²) in [6.45, 7) is 6.34. The van der Waals surface area contributed by atoms with Gasteiger partial charge in [0, 0.05) is 37.0 Å². The Hall–Kier alpha value is -1.92. The number of aromatic nitrogens is 2. The van der Waals surface area contributed by atoms with Gasteiger partial charge in [-0.3, -0.25) is 5.10 Å². The van der Waals surface area contributed by atoms with Gasteiger partial charge in [0.15, 0.2) is 11.6 Å². The van der Waals surface area contributed by atoms with E-state index in [-0.39, 0.29) is 17.7 Å². The van der Waals surface area contributed by atoms with E-state index in [1.165, 1.54) is 6.07 Å². The summed E-state index contributed by atoms with van der Waals surface area (Å²) in [5.74, 6) is -0.0966. The minimum absolute atomic E-state index is 0.0582. The van der Waals surface area contributed by atoms with Crippen LogP contribution in [0.1, 0.15) is 19.4 Å². The lowest BCUT2D eigenvalue weighted by molar-refractivity contribution is 0.231. The Morgan fingerprint density at radius 1 is 1.39 bits per heavy atom. The molecule has 0 aliphatic heterocycles.